The van der Waals surface area contributed by atoms with E-state index in [1.165, 1.54) is 47.4 Å². The van der Waals surface area contributed by atoms with Gasteiger partial charge in [-0.05, 0) is 54.6 Å². The van der Waals surface area contributed by atoms with Crippen LogP contribution in [0, 0.1) is 5.82 Å². The highest BCUT2D eigenvalue weighted by Crippen LogP contribution is 2.34. The Morgan fingerprint density at radius 2 is 1.62 bits per heavy atom. The van der Waals surface area contributed by atoms with E-state index in [0.29, 0.717) is 10.7 Å². The molecule has 0 radical (unpaired) electrons. The van der Waals surface area contributed by atoms with E-state index in [1.807, 2.05) is 0 Å². The summed E-state index contributed by atoms with van der Waals surface area (Å²) in [5, 5.41) is 4.99. The van der Waals surface area contributed by atoms with Gasteiger partial charge in [0.05, 0.1) is 21.8 Å². The van der Waals surface area contributed by atoms with Crippen LogP contribution in [-0.4, -0.2) is 25.0 Å². The van der Waals surface area contributed by atoms with Crippen molar-refractivity contribution in [2.75, 3.05) is 23.3 Å². The summed E-state index contributed by atoms with van der Waals surface area (Å²) in [5.74, 6) is -1.06. The molecule has 0 heterocycles. The number of hydrogen-bond acceptors (Lipinski definition) is 2. The fraction of sp³-hybridized carbons (Fsp3) is 0.130. The number of carbonyl (C=O) groups excluding carboxylic acids is 2. The van der Waals surface area contributed by atoms with E-state index < -0.39 is 35.2 Å². The standard InChI is InChI=1S/C23H17Cl2F4N3O2/c24-14-5-10-17(19(25)13-14)21(33)32(16-8-6-15(26)7-9-16)12-11-30-22(34)31-20-4-2-1-3-18(20)23(27,28)29/h1-10,13H,11-12H2,(H2,30,31,34). The smallest absolute Gasteiger partial charge is 0.336 e. The van der Waals surface area contributed by atoms with Gasteiger partial charge in [-0.25, -0.2) is 9.18 Å². The van der Waals surface area contributed by atoms with Gasteiger partial charge in [-0.1, -0.05) is 35.3 Å². The summed E-state index contributed by atoms with van der Waals surface area (Å²) in [4.78, 5) is 26.6. The van der Waals surface area contributed by atoms with E-state index >= 15 is 0 Å². The Morgan fingerprint density at radius 3 is 2.26 bits per heavy atom. The van der Waals surface area contributed by atoms with E-state index in [9.17, 15) is 27.2 Å². The average Bonchev–Trinajstić information content (AvgIpc) is 2.77. The van der Waals surface area contributed by atoms with Gasteiger partial charge in [0.15, 0.2) is 0 Å². The molecule has 11 heteroatoms. The van der Waals surface area contributed by atoms with Crippen LogP contribution in [0.2, 0.25) is 10.0 Å². The zero-order chi connectivity index (χ0) is 24.9. The number of amides is 3. The molecule has 3 aromatic carbocycles. The maximum Gasteiger partial charge on any atom is 0.418 e. The highest BCUT2D eigenvalue weighted by molar-refractivity contribution is 6.37. The maximum atomic E-state index is 13.4. The number of nitrogens with zero attached hydrogens (tertiary/aromatic N) is 1. The van der Waals surface area contributed by atoms with Gasteiger partial charge in [-0.2, -0.15) is 13.2 Å². The van der Waals surface area contributed by atoms with Gasteiger partial charge < -0.3 is 15.5 Å². The zero-order valence-electron chi connectivity index (χ0n) is 17.3. The van der Waals surface area contributed by atoms with Crippen molar-refractivity contribution in [2.45, 2.75) is 6.18 Å². The molecule has 0 unspecified atom stereocenters. The largest absolute Gasteiger partial charge is 0.418 e. The molecular formula is C23H17Cl2F4N3O2. The Morgan fingerprint density at radius 1 is 0.941 bits per heavy atom. The summed E-state index contributed by atoms with van der Waals surface area (Å²) in [7, 11) is 0. The second-order valence-corrected chi connectivity index (χ2v) is 7.83. The molecule has 5 nitrogen and oxygen atoms in total. The zero-order valence-corrected chi connectivity index (χ0v) is 18.8. The minimum atomic E-state index is -4.65. The number of urea groups is 1. The van der Waals surface area contributed by atoms with Crippen molar-refractivity contribution in [1.82, 2.24) is 5.32 Å². The van der Waals surface area contributed by atoms with Crippen LogP contribution in [0.25, 0.3) is 0 Å². The van der Waals surface area contributed by atoms with Gasteiger partial charge >= 0.3 is 12.2 Å². The summed E-state index contributed by atoms with van der Waals surface area (Å²) in [5.41, 5.74) is -0.960. The van der Waals surface area contributed by atoms with E-state index in [-0.39, 0.29) is 23.7 Å². The van der Waals surface area contributed by atoms with Gasteiger partial charge in [-0.15, -0.1) is 0 Å². The van der Waals surface area contributed by atoms with Gasteiger partial charge in [0, 0.05) is 23.8 Å². The molecule has 0 aromatic heterocycles. The van der Waals surface area contributed by atoms with Gasteiger partial charge in [0.25, 0.3) is 5.91 Å². The molecule has 3 aromatic rings. The number of anilines is 2. The fourth-order valence-electron chi connectivity index (χ4n) is 3.06. The lowest BCUT2D eigenvalue weighted by atomic mass is 10.1. The van der Waals surface area contributed by atoms with Crippen LogP contribution in [-0.2, 0) is 6.18 Å². The molecule has 0 fully saturated rings. The van der Waals surface area contributed by atoms with Crippen molar-refractivity contribution < 1.29 is 27.2 Å². The molecule has 0 spiro atoms. The Balaban J connectivity index is 1.73. The number of hydrogen-bond donors (Lipinski definition) is 2. The molecule has 3 amide bonds. The number of nitrogens with one attached hydrogen (secondary N) is 2. The number of benzene rings is 3. The number of halogens is 6. The molecule has 2 N–H and O–H groups in total. The lowest BCUT2D eigenvalue weighted by Gasteiger charge is -2.24. The number of carbonyl (C=O) groups is 2. The highest BCUT2D eigenvalue weighted by Gasteiger charge is 2.33. The fourth-order valence-corrected chi connectivity index (χ4v) is 3.55. The summed E-state index contributed by atoms with van der Waals surface area (Å²) in [6.07, 6.45) is -4.65. The van der Waals surface area contributed by atoms with Crippen LogP contribution in [0.5, 0.6) is 0 Å². The molecular weight excluding hydrogens is 497 g/mol. The Hall–Kier alpha value is -3.30. The quantitative estimate of drug-likeness (QED) is 0.364. The van der Waals surface area contributed by atoms with Gasteiger partial charge in [0.2, 0.25) is 0 Å². The van der Waals surface area contributed by atoms with Crippen molar-refractivity contribution >= 4 is 46.5 Å². The minimum Gasteiger partial charge on any atom is -0.336 e. The first-order valence-electron chi connectivity index (χ1n) is 9.80. The van der Waals surface area contributed by atoms with Crippen molar-refractivity contribution in [3.63, 3.8) is 0 Å². The molecule has 0 saturated carbocycles. The lowest BCUT2D eigenvalue weighted by molar-refractivity contribution is -0.136. The normalized spacial score (nSPS) is 11.1. The number of para-hydroxylation sites is 1. The third kappa shape index (κ3) is 6.39. The topological polar surface area (TPSA) is 61.4 Å². The second kappa shape index (κ2) is 10.8. The third-order valence-corrected chi connectivity index (χ3v) is 5.19. The van der Waals surface area contributed by atoms with E-state index in [4.69, 9.17) is 23.2 Å². The van der Waals surface area contributed by atoms with E-state index in [2.05, 4.69) is 10.6 Å². The third-order valence-electron chi connectivity index (χ3n) is 4.65. The van der Waals surface area contributed by atoms with Crippen molar-refractivity contribution in [3.05, 3.63) is 93.7 Å². The van der Waals surface area contributed by atoms with E-state index in [0.717, 1.165) is 24.3 Å². The Labute approximate surface area is 202 Å². The molecule has 0 aliphatic heterocycles. The molecule has 178 valence electrons. The molecule has 34 heavy (non-hydrogen) atoms. The van der Waals surface area contributed by atoms with Crippen LogP contribution in [0.3, 0.4) is 0 Å². The minimum absolute atomic E-state index is 0.0856. The average molecular weight is 514 g/mol. The van der Waals surface area contributed by atoms with Crippen molar-refractivity contribution in [1.29, 1.82) is 0 Å². The monoisotopic (exact) mass is 513 g/mol. The number of rotatable bonds is 6. The Bertz CT molecular complexity index is 1190. The molecule has 0 saturated heterocycles. The molecule has 0 aliphatic rings. The molecule has 3 rings (SSSR count). The number of alkyl halides is 3. The van der Waals surface area contributed by atoms with E-state index in [1.54, 1.807) is 0 Å². The van der Waals surface area contributed by atoms with Crippen molar-refractivity contribution in [3.8, 4) is 0 Å². The first kappa shape index (κ1) is 25.3. The molecule has 0 atom stereocenters. The predicted molar refractivity (Wildman–Crippen MR) is 123 cm³/mol. The highest BCUT2D eigenvalue weighted by atomic mass is 35.5. The first-order valence-corrected chi connectivity index (χ1v) is 10.6. The van der Waals surface area contributed by atoms with Crippen LogP contribution in [0.4, 0.5) is 33.7 Å². The first-order chi connectivity index (χ1) is 16.1. The van der Waals surface area contributed by atoms with Crippen LogP contribution in [0.15, 0.2) is 66.7 Å². The Kier molecular flexibility index (Phi) is 8.01. The predicted octanol–water partition coefficient (Wildman–Crippen LogP) is 6.62. The lowest BCUT2D eigenvalue weighted by Crippen LogP contribution is -2.40. The van der Waals surface area contributed by atoms with Crippen LogP contribution < -0.4 is 15.5 Å². The second-order valence-electron chi connectivity index (χ2n) is 6.98. The molecule has 0 aliphatic carbocycles. The van der Waals surface area contributed by atoms with Crippen LogP contribution in [0.1, 0.15) is 15.9 Å². The SMILES string of the molecule is O=C(NCCN(C(=O)c1ccc(Cl)cc1Cl)c1ccc(F)cc1)Nc1ccccc1C(F)(F)F. The van der Waals surface area contributed by atoms with Crippen LogP contribution >= 0.6 is 23.2 Å². The van der Waals surface area contributed by atoms with Gasteiger partial charge in [-0.3, -0.25) is 4.79 Å². The maximum absolute atomic E-state index is 13.4. The molecule has 0 bridgehead atoms. The summed E-state index contributed by atoms with van der Waals surface area (Å²) in [6, 6.07) is 13.0. The van der Waals surface area contributed by atoms with Gasteiger partial charge in [0.1, 0.15) is 5.82 Å². The summed E-state index contributed by atoms with van der Waals surface area (Å²) >= 11 is 12.0. The summed E-state index contributed by atoms with van der Waals surface area (Å²) in [6.45, 7) is -0.216. The summed E-state index contributed by atoms with van der Waals surface area (Å²) < 4.78 is 52.7. The van der Waals surface area contributed by atoms with Crippen molar-refractivity contribution in [2.24, 2.45) is 0 Å².